The summed E-state index contributed by atoms with van der Waals surface area (Å²) in [6.07, 6.45) is 1.49. The summed E-state index contributed by atoms with van der Waals surface area (Å²) in [6.45, 7) is -0.129. The molecule has 0 aliphatic heterocycles. The topological polar surface area (TPSA) is 142 Å². The first kappa shape index (κ1) is 18.5. The van der Waals surface area contributed by atoms with E-state index in [9.17, 15) is 25.0 Å². The van der Waals surface area contributed by atoms with Gasteiger partial charge >= 0.3 is 5.69 Å². The molecule has 1 aromatic heterocycles. The summed E-state index contributed by atoms with van der Waals surface area (Å²) in [5, 5.41) is 28.2. The highest BCUT2D eigenvalue weighted by atomic mass is 16.6. The van der Waals surface area contributed by atoms with Crippen LogP contribution in [0.1, 0.15) is 10.5 Å². The Kier molecular flexibility index (Phi) is 5.25. The average Bonchev–Trinajstić information content (AvgIpc) is 3.16. The first-order valence-electron chi connectivity index (χ1n) is 7.89. The fraction of sp³-hybridized carbons (Fsp3) is 0.0588. The van der Waals surface area contributed by atoms with E-state index in [2.05, 4.69) is 10.4 Å². The van der Waals surface area contributed by atoms with Crippen molar-refractivity contribution in [2.45, 2.75) is 6.73 Å². The first-order chi connectivity index (χ1) is 13.4. The van der Waals surface area contributed by atoms with Crippen LogP contribution in [0, 0.1) is 20.2 Å². The standard InChI is InChI=1S/C17H13N5O6/c23-17(18-12-5-7-13(8-6-12)21(24)25)14-9-10-20(19-14)11-28-16-4-2-1-3-15(16)22(26)27/h1-10H,11H2,(H,18,23). The molecule has 0 unspecified atom stereocenters. The number of hydrogen-bond acceptors (Lipinski definition) is 7. The van der Waals surface area contributed by atoms with Gasteiger partial charge in [0.25, 0.3) is 11.6 Å². The van der Waals surface area contributed by atoms with Gasteiger partial charge in [-0.2, -0.15) is 5.10 Å². The van der Waals surface area contributed by atoms with Crippen LogP contribution in [0.5, 0.6) is 5.75 Å². The molecule has 0 saturated carbocycles. The predicted molar refractivity (Wildman–Crippen MR) is 97.0 cm³/mol. The monoisotopic (exact) mass is 383 g/mol. The Bertz CT molecular complexity index is 1030. The van der Waals surface area contributed by atoms with Crippen LogP contribution in [-0.2, 0) is 6.73 Å². The third kappa shape index (κ3) is 4.27. The molecule has 0 spiro atoms. The predicted octanol–water partition coefficient (Wildman–Crippen LogP) is 2.99. The van der Waals surface area contributed by atoms with Crippen molar-refractivity contribution in [3.8, 4) is 5.75 Å². The Morgan fingerprint density at radius 1 is 1.04 bits per heavy atom. The lowest BCUT2D eigenvalue weighted by atomic mass is 10.3. The van der Waals surface area contributed by atoms with Crippen LogP contribution in [0.4, 0.5) is 17.1 Å². The van der Waals surface area contributed by atoms with Crippen molar-refractivity contribution in [1.82, 2.24) is 9.78 Å². The Hall–Kier alpha value is -4.28. The molecule has 1 heterocycles. The minimum atomic E-state index is -0.554. The number of nitro benzene ring substituents is 2. The third-order valence-electron chi connectivity index (χ3n) is 3.62. The minimum absolute atomic E-state index is 0.0832. The maximum Gasteiger partial charge on any atom is 0.311 e. The summed E-state index contributed by atoms with van der Waals surface area (Å²) in [4.78, 5) is 32.7. The summed E-state index contributed by atoms with van der Waals surface area (Å²) in [5.74, 6) is -0.432. The van der Waals surface area contributed by atoms with Crippen LogP contribution in [-0.4, -0.2) is 25.5 Å². The van der Waals surface area contributed by atoms with Crippen molar-refractivity contribution in [3.05, 3.63) is 86.7 Å². The molecule has 3 aromatic rings. The molecule has 1 N–H and O–H groups in total. The quantitative estimate of drug-likeness (QED) is 0.488. The largest absolute Gasteiger partial charge is 0.464 e. The van der Waals surface area contributed by atoms with E-state index >= 15 is 0 Å². The highest BCUT2D eigenvalue weighted by molar-refractivity contribution is 6.02. The smallest absolute Gasteiger partial charge is 0.311 e. The number of nitro groups is 2. The van der Waals surface area contributed by atoms with Crippen molar-refractivity contribution in [2.24, 2.45) is 0 Å². The summed E-state index contributed by atoms with van der Waals surface area (Å²) >= 11 is 0. The molecule has 28 heavy (non-hydrogen) atoms. The number of aromatic nitrogens is 2. The number of amides is 1. The van der Waals surface area contributed by atoms with Gasteiger partial charge in [0.1, 0.15) is 0 Å². The van der Waals surface area contributed by atoms with E-state index in [4.69, 9.17) is 4.74 Å². The van der Waals surface area contributed by atoms with Gasteiger partial charge in [-0.05, 0) is 24.3 Å². The van der Waals surface area contributed by atoms with Gasteiger partial charge in [0.2, 0.25) is 0 Å². The Balaban J connectivity index is 1.63. The molecule has 11 nitrogen and oxygen atoms in total. The number of carbonyl (C=O) groups is 1. The van der Waals surface area contributed by atoms with E-state index in [0.29, 0.717) is 5.69 Å². The van der Waals surface area contributed by atoms with Crippen LogP contribution >= 0.6 is 0 Å². The van der Waals surface area contributed by atoms with Gasteiger partial charge in [0, 0.05) is 30.1 Å². The maximum absolute atomic E-state index is 12.2. The zero-order chi connectivity index (χ0) is 20.1. The van der Waals surface area contributed by atoms with Crippen molar-refractivity contribution in [2.75, 3.05) is 5.32 Å². The second-order valence-corrected chi connectivity index (χ2v) is 5.50. The van der Waals surface area contributed by atoms with Crippen LogP contribution in [0.15, 0.2) is 60.8 Å². The number of carbonyl (C=O) groups excluding carboxylic acids is 1. The minimum Gasteiger partial charge on any atom is -0.464 e. The Morgan fingerprint density at radius 3 is 2.43 bits per heavy atom. The van der Waals surface area contributed by atoms with Crippen LogP contribution < -0.4 is 10.1 Å². The van der Waals surface area contributed by atoms with Gasteiger partial charge in [0.05, 0.1) is 9.85 Å². The van der Waals surface area contributed by atoms with Gasteiger partial charge < -0.3 is 10.1 Å². The van der Waals surface area contributed by atoms with Gasteiger partial charge in [-0.3, -0.25) is 25.0 Å². The van der Waals surface area contributed by atoms with E-state index in [0.717, 1.165) is 0 Å². The highest BCUT2D eigenvalue weighted by Gasteiger charge is 2.15. The van der Waals surface area contributed by atoms with Gasteiger partial charge in [0.15, 0.2) is 18.2 Å². The van der Waals surface area contributed by atoms with Crippen LogP contribution in [0.25, 0.3) is 0 Å². The highest BCUT2D eigenvalue weighted by Crippen LogP contribution is 2.26. The molecule has 2 aromatic carbocycles. The van der Waals surface area contributed by atoms with Crippen molar-refractivity contribution >= 4 is 23.0 Å². The molecule has 11 heteroatoms. The number of hydrogen-bond donors (Lipinski definition) is 1. The summed E-state index contributed by atoms with van der Waals surface area (Å²) < 4.78 is 6.70. The van der Waals surface area contributed by atoms with Crippen molar-refractivity contribution < 1.29 is 19.4 Å². The fourth-order valence-corrected chi connectivity index (χ4v) is 2.28. The molecule has 0 aliphatic carbocycles. The average molecular weight is 383 g/mol. The van der Waals surface area contributed by atoms with E-state index in [1.807, 2.05) is 0 Å². The number of rotatable bonds is 7. The number of non-ortho nitro benzene ring substituents is 1. The lowest BCUT2D eigenvalue weighted by molar-refractivity contribution is -0.386. The zero-order valence-corrected chi connectivity index (χ0v) is 14.2. The van der Waals surface area contributed by atoms with E-state index in [1.54, 1.807) is 6.07 Å². The second kappa shape index (κ2) is 7.95. The maximum atomic E-state index is 12.2. The second-order valence-electron chi connectivity index (χ2n) is 5.50. The summed E-state index contributed by atoms with van der Waals surface area (Å²) in [5.41, 5.74) is 0.200. The molecule has 0 saturated heterocycles. The molecule has 0 fully saturated rings. The number of ether oxygens (including phenoxy) is 1. The molecule has 0 radical (unpaired) electrons. The molecule has 142 valence electrons. The number of anilines is 1. The SMILES string of the molecule is O=C(Nc1ccc([N+](=O)[O-])cc1)c1ccn(COc2ccccc2[N+](=O)[O-])n1. The first-order valence-corrected chi connectivity index (χ1v) is 7.89. The van der Waals surface area contributed by atoms with Crippen LogP contribution in [0.3, 0.4) is 0 Å². The van der Waals surface area contributed by atoms with E-state index in [-0.39, 0.29) is 29.5 Å². The molecule has 3 rings (SSSR count). The lowest BCUT2D eigenvalue weighted by Gasteiger charge is -2.06. The van der Waals surface area contributed by atoms with Crippen molar-refractivity contribution in [1.29, 1.82) is 0 Å². The number of para-hydroxylation sites is 2. The lowest BCUT2D eigenvalue weighted by Crippen LogP contribution is -2.14. The molecular formula is C17H13N5O6. The van der Waals surface area contributed by atoms with Crippen LogP contribution in [0.2, 0.25) is 0 Å². The van der Waals surface area contributed by atoms with Crippen molar-refractivity contribution in [3.63, 3.8) is 0 Å². The normalized spacial score (nSPS) is 10.3. The van der Waals surface area contributed by atoms with Gasteiger partial charge in [-0.15, -0.1) is 0 Å². The summed E-state index contributed by atoms with van der Waals surface area (Å²) in [6, 6.07) is 12.7. The van der Waals surface area contributed by atoms with Gasteiger partial charge in [-0.25, -0.2) is 4.68 Å². The molecule has 1 amide bonds. The molecular weight excluding hydrogens is 370 g/mol. The number of nitrogens with one attached hydrogen (secondary N) is 1. The number of benzene rings is 2. The van der Waals surface area contributed by atoms with E-state index in [1.165, 1.54) is 59.4 Å². The Morgan fingerprint density at radius 2 is 1.75 bits per heavy atom. The summed E-state index contributed by atoms with van der Waals surface area (Å²) in [7, 11) is 0. The molecule has 0 bridgehead atoms. The van der Waals surface area contributed by atoms with E-state index < -0.39 is 15.8 Å². The number of nitrogens with zero attached hydrogens (tertiary/aromatic N) is 4. The molecule has 0 atom stereocenters. The van der Waals surface area contributed by atoms with Gasteiger partial charge in [-0.1, -0.05) is 12.1 Å². The fourth-order valence-electron chi connectivity index (χ4n) is 2.28. The molecule has 0 aliphatic rings. The zero-order valence-electron chi connectivity index (χ0n) is 14.2. The third-order valence-corrected chi connectivity index (χ3v) is 3.62. The Labute approximate surface area is 157 Å².